The lowest BCUT2D eigenvalue weighted by atomic mass is 9.93. The molecule has 1 aliphatic rings. The number of hydrogen-bond acceptors (Lipinski definition) is 3. The van der Waals surface area contributed by atoms with Crippen LogP contribution in [0.15, 0.2) is 48.5 Å². The van der Waals surface area contributed by atoms with Crippen LogP contribution in [0.1, 0.15) is 24.2 Å². The van der Waals surface area contributed by atoms with Crippen LogP contribution in [-0.4, -0.2) is 47.7 Å². The summed E-state index contributed by atoms with van der Waals surface area (Å²) in [6.45, 7) is 5.26. The molecule has 2 aromatic carbocycles. The number of piperidine rings is 1. The maximum absolute atomic E-state index is 13.3. The van der Waals surface area contributed by atoms with E-state index in [2.05, 4.69) is 33.0 Å². The number of nitrogens with zero attached hydrogens (tertiary/aromatic N) is 3. The maximum atomic E-state index is 13.3. The monoisotopic (exact) mass is 380 g/mol. The number of fused-ring (bicyclic) bond motifs is 1. The van der Waals surface area contributed by atoms with Gasteiger partial charge in [0.05, 0.1) is 11.0 Å². The molecular weight excluding hydrogens is 351 g/mol. The highest BCUT2D eigenvalue weighted by atomic mass is 19.1. The van der Waals surface area contributed by atoms with Crippen molar-refractivity contribution in [2.75, 3.05) is 33.2 Å². The van der Waals surface area contributed by atoms with Crippen molar-refractivity contribution < 1.29 is 4.39 Å². The first-order chi connectivity index (χ1) is 13.7. The minimum atomic E-state index is -0.190. The van der Waals surface area contributed by atoms with E-state index in [-0.39, 0.29) is 5.82 Å². The largest absolute Gasteiger partial charge is 0.323 e. The third kappa shape index (κ3) is 4.42. The van der Waals surface area contributed by atoms with Crippen molar-refractivity contribution in [3.63, 3.8) is 0 Å². The van der Waals surface area contributed by atoms with Gasteiger partial charge in [-0.2, -0.15) is 0 Å². The molecule has 1 saturated heterocycles. The molecule has 0 unspecified atom stereocenters. The van der Waals surface area contributed by atoms with E-state index in [0.717, 1.165) is 48.5 Å². The van der Waals surface area contributed by atoms with E-state index in [1.807, 2.05) is 25.2 Å². The fourth-order valence-electron chi connectivity index (χ4n) is 4.17. The van der Waals surface area contributed by atoms with Crippen LogP contribution >= 0.6 is 0 Å². The number of rotatable bonds is 7. The van der Waals surface area contributed by atoms with Crippen molar-refractivity contribution in [1.82, 2.24) is 19.8 Å². The number of likely N-dealkylation sites (tertiary alicyclic amines) is 1. The van der Waals surface area contributed by atoms with Crippen LogP contribution in [0.25, 0.3) is 11.0 Å². The van der Waals surface area contributed by atoms with E-state index >= 15 is 0 Å². The fraction of sp³-hybridized carbons (Fsp3) is 0.435. The highest BCUT2D eigenvalue weighted by Gasteiger charge is 2.22. The Morgan fingerprint density at radius 3 is 2.57 bits per heavy atom. The van der Waals surface area contributed by atoms with Crippen LogP contribution in [0, 0.1) is 11.7 Å². The van der Waals surface area contributed by atoms with E-state index in [4.69, 9.17) is 4.98 Å². The number of aromatic nitrogens is 2. The zero-order chi connectivity index (χ0) is 19.3. The van der Waals surface area contributed by atoms with Gasteiger partial charge in [0.25, 0.3) is 0 Å². The Balaban J connectivity index is 1.51. The molecule has 28 heavy (non-hydrogen) atoms. The second-order valence-corrected chi connectivity index (χ2v) is 7.82. The van der Waals surface area contributed by atoms with E-state index in [1.54, 1.807) is 0 Å². The molecular formula is C23H29FN4. The molecule has 0 bridgehead atoms. The number of likely N-dealkylation sites (N-methyl/N-ethyl adjacent to an activating group) is 1. The molecule has 4 rings (SSSR count). The topological polar surface area (TPSA) is 33.1 Å². The predicted molar refractivity (Wildman–Crippen MR) is 112 cm³/mol. The van der Waals surface area contributed by atoms with Gasteiger partial charge in [-0.25, -0.2) is 9.37 Å². The van der Waals surface area contributed by atoms with Gasteiger partial charge in [-0.15, -0.1) is 0 Å². The maximum Gasteiger partial charge on any atom is 0.123 e. The molecule has 1 fully saturated rings. The van der Waals surface area contributed by atoms with Crippen LogP contribution in [0.2, 0.25) is 0 Å². The van der Waals surface area contributed by atoms with E-state index in [0.29, 0.717) is 5.92 Å². The molecule has 0 saturated carbocycles. The van der Waals surface area contributed by atoms with E-state index < -0.39 is 0 Å². The van der Waals surface area contributed by atoms with Crippen LogP contribution in [0.4, 0.5) is 4.39 Å². The Hall–Kier alpha value is -2.24. The Kier molecular flexibility index (Phi) is 6.03. The number of imidazole rings is 1. The lowest BCUT2D eigenvalue weighted by Crippen LogP contribution is -2.38. The summed E-state index contributed by atoms with van der Waals surface area (Å²) in [6, 6.07) is 15.1. The summed E-state index contributed by atoms with van der Waals surface area (Å²) in [5.74, 6) is 1.64. The molecule has 0 spiro atoms. The molecule has 0 amide bonds. The molecule has 0 aliphatic carbocycles. The molecule has 2 heterocycles. The standard InChI is InChI=1S/C23H29FN4/c1-25-12-15-27-13-10-18(11-14-27)16-23-26-21-4-2-3-5-22(21)28(23)17-19-6-8-20(24)9-7-19/h2-9,18,25H,10-17H2,1H3. The Morgan fingerprint density at radius 1 is 1.07 bits per heavy atom. The number of nitrogens with one attached hydrogen (secondary N) is 1. The number of halogens is 1. The minimum absolute atomic E-state index is 0.190. The van der Waals surface area contributed by atoms with Gasteiger partial charge in [-0.1, -0.05) is 24.3 Å². The lowest BCUT2D eigenvalue weighted by molar-refractivity contribution is 0.184. The second-order valence-electron chi connectivity index (χ2n) is 7.82. The van der Waals surface area contributed by atoms with Gasteiger partial charge in [-0.3, -0.25) is 0 Å². The zero-order valence-corrected chi connectivity index (χ0v) is 16.6. The summed E-state index contributed by atoms with van der Waals surface area (Å²) in [7, 11) is 2.01. The summed E-state index contributed by atoms with van der Waals surface area (Å²) in [5.41, 5.74) is 3.31. The van der Waals surface area contributed by atoms with Crippen molar-refractivity contribution in [2.45, 2.75) is 25.8 Å². The predicted octanol–water partition coefficient (Wildman–Crippen LogP) is 3.70. The quantitative estimate of drug-likeness (QED) is 0.679. The van der Waals surface area contributed by atoms with Crippen LogP contribution in [-0.2, 0) is 13.0 Å². The van der Waals surface area contributed by atoms with E-state index in [1.165, 1.54) is 38.1 Å². The average molecular weight is 381 g/mol. The summed E-state index contributed by atoms with van der Waals surface area (Å²) in [5, 5.41) is 3.24. The van der Waals surface area contributed by atoms with Gasteiger partial charge in [0, 0.05) is 26.1 Å². The normalized spacial score (nSPS) is 16.1. The SMILES string of the molecule is CNCCN1CCC(Cc2nc3ccccc3n2Cc2ccc(F)cc2)CC1. The van der Waals surface area contributed by atoms with Crippen LogP contribution in [0.5, 0.6) is 0 Å². The Morgan fingerprint density at radius 2 is 1.82 bits per heavy atom. The van der Waals surface area contributed by atoms with Gasteiger partial charge in [0.1, 0.15) is 11.6 Å². The van der Waals surface area contributed by atoms with Crippen molar-refractivity contribution in [3.05, 3.63) is 65.7 Å². The molecule has 148 valence electrons. The highest BCUT2D eigenvalue weighted by molar-refractivity contribution is 5.76. The first kappa shape index (κ1) is 19.1. The van der Waals surface area contributed by atoms with Gasteiger partial charge in [0.2, 0.25) is 0 Å². The molecule has 0 atom stereocenters. The van der Waals surface area contributed by atoms with Gasteiger partial charge >= 0.3 is 0 Å². The molecule has 3 aromatic rings. The minimum Gasteiger partial charge on any atom is -0.323 e. The Labute approximate surface area is 166 Å². The van der Waals surface area contributed by atoms with Gasteiger partial charge in [-0.05, 0) is 68.7 Å². The number of hydrogen-bond donors (Lipinski definition) is 1. The molecule has 1 aliphatic heterocycles. The van der Waals surface area contributed by atoms with Crippen LogP contribution < -0.4 is 5.32 Å². The Bertz CT molecular complexity index is 895. The van der Waals surface area contributed by atoms with Crippen molar-refractivity contribution >= 4 is 11.0 Å². The van der Waals surface area contributed by atoms with Crippen molar-refractivity contribution in [2.24, 2.45) is 5.92 Å². The fourth-order valence-corrected chi connectivity index (χ4v) is 4.17. The van der Waals surface area contributed by atoms with Gasteiger partial charge in [0.15, 0.2) is 0 Å². The average Bonchev–Trinajstić information content (AvgIpc) is 3.06. The molecule has 5 heteroatoms. The first-order valence-corrected chi connectivity index (χ1v) is 10.3. The zero-order valence-electron chi connectivity index (χ0n) is 16.6. The highest BCUT2D eigenvalue weighted by Crippen LogP contribution is 2.25. The van der Waals surface area contributed by atoms with E-state index in [9.17, 15) is 4.39 Å². The number of benzene rings is 2. The third-order valence-corrected chi connectivity index (χ3v) is 5.84. The number of para-hydroxylation sites is 2. The summed E-state index contributed by atoms with van der Waals surface area (Å²) >= 11 is 0. The first-order valence-electron chi connectivity index (χ1n) is 10.3. The van der Waals surface area contributed by atoms with Crippen LogP contribution in [0.3, 0.4) is 0 Å². The molecule has 1 aromatic heterocycles. The third-order valence-electron chi connectivity index (χ3n) is 5.84. The van der Waals surface area contributed by atoms with Crippen molar-refractivity contribution in [1.29, 1.82) is 0 Å². The molecule has 0 radical (unpaired) electrons. The lowest BCUT2D eigenvalue weighted by Gasteiger charge is -2.31. The van der Waals surface area contributed by atoms with Gasteiger partial charge < -0.3 is 14.8 Å². The molecule has 1 N–H and O–H groups in total. The summed E-state index contributed by atoms with van der Waals surface area (Å²) in [6.07, 6.45) is 3.46. The smallest absolute Gasteiger partial charge is 0.123 e. The molecule has 4 nitrogen and oxygen atoms in total. The summed E-state index contributed by atoms with van der Waals surface area (Å²) < 4.78 is 15.6. The summed E-state index contributed by atoms with van der Waals surface area (Å²) in [4.78, 5) is 7.50. The van der Waals surface area contributed by atoms with Crippen molar-refractivity contribution in [3.8, 4) is 0 Å². The second kappa shape index (κ2) is 8.84.